The Morgan fingerprint density at radius 2 is 1.76 bits per heavy atom. The van der Waals surface area contributed by atoms with Crippen molar-refractivity contribution in [2.75, 3.05) is 26.7 Å². The minimum Gasteiger partial charge on any atom is -0.495 e. The lowest BCUT2D eigenvalue weighted by Crippen LogP contribution is -2.35. The van der Waals surface area contributed by atoms with Crippen LogP contribution in [0.3, 0.4) is 0 Å². The zero-order valence-corrected chi connectivity index (χ0v) is 19.6. The predicted octanol–water partition coefficient (Wildman–Crippen LogP) is 4.26. The molecule has 3 rings (SSSR count). The van der Waals surface area contributed by atoms with Gasteiger partial charge in [-0.25, -0.2) is 8.42 Å². The lowest BCUT2D eigenvalue weighted by atomic mass is 10.1. The summed E-state index contributed by atoms with van der Waals surface area (Å²) in [6, 6.07) is 9.47. The van der Waals surface area contributed by atoms with Crippen molar-refractivity contribution in [1.29, 1.82) is 0 Å². The quantitative estimate of drug-likeness (QED) is 0.554. The van der Waals surface area contributed by atoms with Crippen molar-refractivity contribution in [3.8, 4) is 5.75 Å². The number of amides is 1. The minimum absolute atomic E-state index is 0.0572. The van der Waals surface area contributed by atoms with Crippen LogP contribution in [0.4, 0.5) is 13.2 Å². The van der Waals surface area contributed by atoms with Crippen molar-refractivity contribution in [3.63, 3.8) is 0 Å². The Kier molecular flexibility index (Phi) is 8.37. The molecule has 0 atom stereocenters. The van der Waals surface area contributed by atoms with E-state index < -0.39 is 27.7 Å². The fraction of sp³-hybridized carbons (Fsp3) is 0.375. The second-order valence-corrected chi connectivity index (χ2v) is 9.85. The van der Waals surface area contributed by atoms with E-state index in [1.807, 2.05) is 0 Å². The van der Waals surface area contributed by atoms with Crippen LogP contribution >= 0.6 is 0 Å². The van der Waals surface area contributed by atoms with Crippen LogP contribution in [0, 0.1) is 0 Å². The van der Waals surface area contributed by atoms with Gasteiger partial charge in [-0.2, -0.15) is 17.5 Å². The number of rotatable bonds is 8. The van der Waals surface area contributed by atoms with Crippen molar-refractivity contribution in [3.05, 3.63) is 65.2 Å². The lowest BCUT2D eigenvalue weighted by molar-refractivity contribution is -0.137. The van der Waals surface area contributed by atoms with Gasteiger partial charge in [0.2, 0.25) is 15.9 Å². The summed E-state index contributed by atoms with van der Waals surface area (Å²) in [5.74, 6) is -0.160. The first-order valence-electron chi connectivity index (χ1n) is 10.9. The fourth-order valence-corrected chi connectivity index (χ4v) is 5.37. The number of carbonyl (C=O) groups is 1. The van der Waals surface area contributed by atoms with Gasteiger partial charge < -0.3 is 10.1 Å². The number of piperidine rings is 1. The van der Waals surface area contributed by atoms with E-state index in [0.29, 0.717) is 30.6 Å². The molecule has 1 N–H and O–H groups in total. The topological polar surface area (TPSA) is 75.7 Å². The largest absolute Gasteiger partial charge is 0.495 e. The Labute approximate surface area is 197 Å². The molecular weight excluding hydrogens is 469 g/mol. The molecule has 6 nitrogen and oxygen atoms in total. The maximum Gasteiger partial charge on any atom is 0.416 e. The van der Waals surface area contributed by atoms with E-state index in [1.54, 1.807) is 12.1 Å². The van der Waals surface area contributed by atoms with E-state index in [1.165, 1.54) is 41.8 Å². The van der Waals surface area contributed by atoms with Gasteiger partial charge in [-0.3, -0.25) is 4.79 Å². The van der Waals surface area contributed by atoms with Gasteiger partial charge in [0.15, 0.2) is 0 Å². The molecule has 1 heterocycles. The van der Waals surface area contributed by atoms with E-state index in [2.05, 4.69) is 5.32 Å². The third-order valence-corrected chi connectivity index (χ3v) is 7.46. The van der Waals surface area contributed by atoms with Gasteiger partial charge in [-0.05, 0) is 60.7 Å². The summed E-state index contributed by atoms with van der Waals surface area (Å²) in [5, 5.41) is 2.67. The summed E-state index contributed by atoms with van der Waals surface area (Å²) < 4.78 is 70.8. The molecule has 2 aromatic carbocycles. The van der Waals surface area contributed by atoms with Crippen molar-refractivity contribution >= 4 is 22.0 Å². The highest BCUT2D eigenvalue weighted by Gasteiger charge is 2.30. The number of methoxy groups -OCH3 is 1. The summed E-state index contributed by atoms with van der Waals surface area (Å²) in [6.07, 6.45) is 1.40. The molecule has 1 aliphatic heterocycles. The number of hydrogen-bond donors (Lipinski definition) is 1. The first-order chi connectivity index (χ1) is 16.1. The molecule has 0 radical (unpaired) electrons. The summed E-state index contributed by atoms with van der Waals surface area (Å²) in [5.41, 5.74) is 0.471. The smallest absolute Gasteiger partial charge is 0.416 e. The molecule has 0 aliphatic carbocycles. The van der Waals surface area contributed by atoms with Gasteiger partial charge in [0.25, 0.3) is 0 Å². The van der Waals surface area contributed by atoms with E-state index >= 15 is 0 Å². The second kappa shape index (κ2) is 11.1. The first-order valence-corrected chi connectivity index (χ1v) is 12.4. The fourth-order valence-electron chi connectivity index (χ4n) is 3.66. The molecule has 0 spiro atoms. The van der Waals surface area contributed by atoms with Crippen molar-refractivity contribution < 1.29 is 31.1 Å². The number of halogens is 3. The maximum atomic E-state index is 13.1. The van der Waals surface area contributed by atoms with Crippen molar-refractivity contribution in [1.82, 2.24) is 9.62 Å². The number of sulfonamides is 1. The minimum atomic E-state index is -4.38. The second-order valence-electron chi connectivity index (χ2n) is 7.94. The third kappa shape index (κ3) is 6.60. The Bertz CT molecular complexity index is 1120. The van der Waals surface area contributed by atoms with Crippen LogP contribution in [0.25, 0.3) is 6.08 Å². The molecule has 1 amide bonds. The molecule has 2 aromatic rings. The Morgan fingerprint density at radius 3 is 2.38 bits per heavy atom. The van der Waals surface area contributed by atoms with E-state index in [9.17, 15) is 26.4 Å². The van der Waals surface area contributed by atoms with Crippen LogP contribution in [0.15, 0.2) is 53.4 Å². The molecule has 0 unspecified atom stereocenters. The number of alkyl halides is 3. The molecule has 184 valence electrons. The average molecular weight is 497 g/mol. The normalized spacial score (nSPS) is 15.4. The molecule has 34 heavy (non-hydrogen) atoms. The number of hydrogen-bond acceptors (Lipinski definition) is 4. The zero-order chi connectivity index (χ0) is 24.8. The highest BCUT2D eigenvalue weighted by molar-refractivity contribution is 7.89. The molecule has 0 bridgehead atoms. The molecular formula is C24H27F3N2O4S. The summed E-state index contributed by atoms with van der Waals surface area (Å²) in [7, 11) is -2.31. The number of nitrogens with one attached hydrogen (secondary N) is 1. The van der Waals surface area contributed by atoms with E-state index in [0.717, 1.165) is 31.4 Å². The Balaban J connectivity index is 1.61. The maximum absolute atomic E-state index is 13.1. The van der Waals surface area contributed by atoms with Crippen LogP contribution in [0.5, 0.6) is 5.75 Å². The van der Waals surface area contributed by atoms with Gasteiger partial charge in [0, 0.05) is 25.7 Å². The van der Waals surface area contributed by atoms with Crippen molar-refractivity contribution in [2.45, 2.75) is 36.8 Å². The standard InChI is InChI=1S/C24H27F3N2O4S/c1-33-21-11-7-19(17-22(21)34(31,32)29-15-3-2-4-16-29)8-12-23(30)28-14-13-18-5-9-20(10-6-18)24(25,26)27/h5-12,17H,2-4,13-16H2,1H3,(H,28,30)/b12-8+. The molecule has 0 saturated carbocycles. The molecule has 10 heteroatoms. The van der Waals surface area contributed by atoms with Crippen LogP contribution in [0.2, 0.25) is 0 Å². The van der Waals surface area contributed by atoms with Gasteiger partial charge in [0.1, 0.15) is 10.6 Å². The van der Waals surface area contributed by atoms with Crippen molar-refractivity contribution in [2.24, 2.45) is 0 Å². The zero-order valence-electron chi connectivity index (χ0n) is 18.8. The van der Waals surface area contributed by atoms with Gasteiger partial charge in [0.05, 0.1) is 12.7 Å². The SMILES string of the molecule is COc1ccc(/C=C/C(=O)NCCc2ccc(C(F)(F)F)cc2)cc1S(=O)(=O)N1CCCCC1. The third-order valence-electron chi connectivity index (χ3n) is 5.54. The van der Waals surface area contributed by atoms with Crippen LogP contribution in [-0.2, 0) is 27.4 Å². The summed E-state index contributed by atoms with van der Waals surface area (Å²) in [4.78, 5) is 12.2. The average Bonchev–Trinajstić information content (AvgIpc) is 2.83. The lowest BCUT2D eigenvalue weighted by Gasteiger charge is -2.26. The molecule has 1 aliphatic rings. The van der Waals surface area contributed by atoms with Crippen LogP contribution < -0.4 is 10.1 Å². The van der Waals surface area contributed by atoms with Gasteiger partial charge in [-0.1, -0.05) is 24.6 Å². The van der Waals surface area contributed by atoms with E-state index in [4.69, 9.17) is 4.74 Å². The number of nitrogens with zero attached hydrogens (tertiary/aromatic N) is 1. The van der Waals surface area contributed by atoms with E-state index in [-0.39, 0.29) is 17.2 Å². The number of benzene rings is 2. The Hall–Kier alpha value is -2.85. The van der Waals surface area contributed by atoms with Crippen LogP contribution in [-0.4, -0.2) is 45.4 Å². The molecule has 0 aromatic heterocycles. The highest BCUT2D eigenvalue weighted by atomic mass is 32.2. The van der Waals surface area contributed by atoms with Gasteiger partial charge in [-0.15, -0.1) is 0 Å². The summed E-state index contributed by atoms with van der Waals surface area (Å²) in [6.45, 7) is 1.17. The number of carbonyl (C=O) groups excluding carboxylic acids is 1. The molecule has 1 fully saturated rings. The first kappa shape index (κ1) is 25.8. The number of ether oxygens (including phenoxy) is 1. The monoisotopic (exact) mass is 496 g/mol. The summed E-state index contributed by atoms with van der Waals surface area (Å²) >= 11 is 0. The van der Waals surface area contributed by atoms with Crippen LogP contribution in [0.1, 0.15) is 36.0 Å². The molecule has 1 saturated heterocycles. The van der Waals surface area contributed by atoms with Gasteiger partial charge >= 0.3 is 6.18 Å². The predicted molar refractivity (Wildman–Crippen MR) is 123 cm³/mol. The Morgan fingerprint density at radius 1 is 1.09 bits per heavy atom. The highest BCUT2D eigenvalue weighted by Crippen LogP contribution is 2.30.